The summed E-state index contributed by atoms with van der Waals surface area (Å²) < 4.78 is 24.8. The topological polar surface area (TPSA) is 12.9 Å². The average molecular weight is 164 g/mol. The van der Waals surface area contributed by atoms with Gasteiger partial charge in [0.1, 0.15) is 0 Å². The van der Waals surface area contributed by atoms with Crippen LogP contribution in [0.1, 0.15) is 5.56 Å². The Balaban J connectivity index is 3.28. The van der Waals surface area contributed by atoms with Gasteiger partial charge in [-0.25, -0.2) is 9.37 Å². The van der Waals surface area contributed by atoms with Crippen molar-refractivity contribution in [3.8, 4) is 0 Å². The minimum Gasteiger partial charge on any atom is -0.204 e. The molecule has 0 amide bonds. The Hall–Kier alpha value is -0.700. The van der Waals surface area contributed by atoms with Crippen molar-refractivity contribution in [2.45, 2.75) is 6.92 Å². The Kier molecular flexibility index (Phi) is 1.85. The molecule has 0 radical (unpaired) electrons. The fraction of sp³-hybridized carbons (Fsp3) is 0.167. The lowest BCUT2D eigenvalue weighted by Gasteiger charge is -1.95. The van der Waals surface area contributed by atoms with Crippen molar-refractivity contribution in [2.75, 3.05) is 0 Å². The van der Waals surface area contributed by atoms with Crippen molar-refractivity contribution >= 4 is 11.6 Å². The van der Waals surface area contributed by atoms with E-state index < -0.39 is 16.9 Å². The highest BCUT2D eigenvalue weighted by Crippen LogP contribution is 2.13. The predicted molar refractivity (Wildman–Crippen MR) is 33.9 cm³/mol. The van der Waals surface area contributed by atoms with E-state index in [2.05, 4.69) is 4.98 Å². The molecule has 0 spiro atoms. The van der Waals surface area contributed by atoms with Gasteiger partial charge in [-0.3, -0.25) is 0 Å². The maximum Gasteiger partial charge on any atom is 0.217 e. The zero-order chi connectivity index (χ0) is 7.72. The number of nitrogens with zero attached hydrogens (tertiary/aromatic N) is 1. The van der Waals surface area contributed by atoms with Crippen molar-refractivity contribution in [2.24, 2.45) is 0 Å². The first kappa shape index (κ1) is 7.41. The summed E-state index contributed by atoms with van der Waals surface area (Å²) in [6, 6.07) is 1.00. The van der Waals surface area contributed by atoms with Crippen LogP contribution in [0, 0.1) is 18.7 Å². The van der Waals surface area contributed by atoms with Gasteiger partial charge in [-0.05, 0) is 13.0 Å². The van der Waals surface area contributed by atoms with Gasteiger partial charge in [0.05, 0.1) is 0 Å². The van der Waals surface area contributed by atoms with Crippen molar-refractivity contribution < 1.29 is 8.78 Å². The molecule has 0 aromatic carbocycles. The van der Waals surface area contributed by atoms with Crippen LogP contribution in [-0.4, -0.2) is 4.98 Å². The number of halogens is 3. The van der Waals surface area contributed by atoms with Crippen molar-refractivity contribution in [3.63, 3.8) is 0 Å². The number of aromatic nitrogens is 1. The summed E-state index contributed by atoms with van der Waals surface area (Å²) in [4.78, 5) is 3.10. The summed E-state index contributed by atoms with van der Waals surface area (Å²) in [6.07, 6.45) is 0. The van der Waals surface area contributed by atoms with Gasteiger partial charge < -0.3 is 0 Å². The first-order valence-electron chi connectivity index (χ1n) is 2.59. The Morgan fingerprint density at radius 3 is 2.60 bits per heavy atom. The van der Waals surface area contributed by atoms with E-state index in [0.29, 0.717) is 0 Å². The third-order valence-corrected chi connectivity index (χ3v) is 1.33. The molecule has 0 aliphatic heterocycles. The molecule has 0 unspecified atom stereocenters. The lowest BCUT2D eigenvalue weighted by atomic mass is 10.3. The van der Waals surface area contributed by atoms with Gasteiger partial charge in [0.2, 0.25) is 5.95 Å². The minimum atomic E-state index is -0.730. The van der Waals surface area contributed by atoms with E-state index in [1.165, 1.54) is 6.92 Å². The second-order valence-electron chi connectivity index (χ2n) is 1.87. The third-order valence-electron chi connectivity index (χ3n) is 1.06. The number of pyridine rings is 1. The molecule has 0 saturated carbocycles. The van der Waals surface area contributed by atoms with Crippen molar-refractivity contribution in [1.82, 2.24) is 4.98 Å². The molecule has 54 valence electrons. The van der Waals surface area contributed by atoms with E-state index in [4.69, 9.17) is 11.6 Å². The molecule has 1 aromatic rings. The van der Waals surface area contributed by atoms with Gasteiger partial charge in [-0.1, -0.05) is 11.6 Å². The monoisotopic (exact) mass is 163 g/mol. The number of rotatable bonds is 0. The molecule has 1 rings (SSSR count). The molecule has 10 heavy (non-hydrogen) atoms. The summed E-state index contributed by atoms with van der Waals surface area (Å²) in [6.45, 7) is 1.42. The molecule has 0 N–H and O–H groups in total. The highest BCUT2D eigenvalue weighted by Gasteiger charge is 2.05. The smallest absolute Gasteiger partial charge is 0.204 e. The van der Waals surface area contributed by atoms with Crippen LogP contribution in [0.15, 0.2) is 6.07 Å². The molecular weight excluding hydrogens is 160 g/mol. The largest absolute Gasteiger partial charge is 0.217 e. The maximum absolute atomic E-state index is 12.4. The van der Waals surface area contributed by atoms with Gasteiger partial charge in [0.25, 0.3) is 0 Å². The third kappa shape index (κ3) is 1.24. The lowest BCUT2D eigenvalue weighted by molar-refractivity contribution is 0.551. The van der Waals surface area contributed by atoms with Crippen LogP contribution in [0.25, 0.3) is 0 Å². The quantitative estimate of drug-likeness (QED) is 0.535. The van der Waals surface area contributed by atoms with Gasteiger partial charge in [0.15, 0.2) is 11.0 Å². The van der Waals surface area contributed by atoms with E-state index in [9.17, 15) is 8.78 Å². The van der Waals surface area contributed by atoms with Gasteiger partial charge >= 0.3 is 0 Å². The van der Waals surface area contributed by atoms with Crippen molar-refractivity contribution in [1.29, 1.82) is 0 Å². The van der Waals surface area contributed by atoms with Crippen molar-refractivity contribution in [3.05, 3.63) is 28.5 Å². The van der Waals surface area contributed by atoms with Crippen LogP contribution < -0.4 is 0 Å². The van der Waals surface area contributed by atoms with Gasteiger partial charge in [-0.2, -0.15) is 4.39 Å². The van der Waals surface area contributed by atoms with E-state index in [-0.39, 0.29) is 5.56 Å². The number of aryl methyl sites for hydroxylation is 1. The zero-order valence-corrected chi connectivity index (χ0v) is 5.91. The fourth-order valence-electron chi connectivity index (χ4n) is 0.537. The molecule has 0 atom stereocenters. The van der Waals surface area contributed by atoms with Crippen LogP contribution >= 0.6 is 11.6 Å². The lowest BCUT2D eigenvalue weighted by Crippen LogP contribution is -1.91. The van der Waals surface area contributed by atoms with Crippen LogP contribution in [0.2, 0.25) is 5.15 Å². The van der Waals surface area contributed by atoms with Crippen LogP contribution in [0.5, 0.6) is 0 Å². The molecule has 0 saturated heterocycles. The molecule has 1 aromatic heterocycles. The summed E-state index contributed by atoms with van der Waals surface area (Å²) in [5, 5.41) is -0.428. The van der Waals surface area contributed by atoms with E-state index in [0.717, 1.165) is 6.07 Å². The SMILES string of the molecule is Cc1cc(F)c(Cl)nc1F. The Labute approximate surface area is 61.7 Å². The Morgan fingerprint density at radius 2 is 2.10 bits per heavy atom. The van der Waals surface area contributed by atoms with E-state index in [1.54, 1.807) is 0 Å². The van der Waals surface area contributed by atoms with Gasteiger partial charge in [0, 0.05) is 5.56 Å². The molecule has 1 nitrogen and oxygen atoms in total. The first-order chi connectivity index (χ1) is 4.61. The minimum absolute atomic E-state index is 0.155. The molecular formula is C6H4ClF2N. The number of hydrogen-bond donors (Lipinski definition) is 0. The first-order valence-corrected chi connectivity index (χ1v) is 2.97. The number of hydrogen-bond acceptors (Lipinski definition) is 1. The fourth-order valence-corrected chi connectivity index (χ4v) is 0.666. The Bertz CT molecular complexity index is 212. The summed E-state index contributed by atoms with van der Waals surface area (Å²) in [5.74, 6) is -1.42. The standard InChI is InChI=1S/C6H4ClF2N/c1-3-2-4(8)5(7)10-6(3)9/h2H,1H3. The summed E-state index contributed by atoms with van der Waals surface area (Å²) in [5.41, 5.74) is 0.155. The zero-order valence-electron chi connectivity index (χ0n) is 5.16. The highest BCUT2D eigenvalue weighted by atomic mass is 35.5. The van der Waals surface area contributed by atoms with E-state index in [1.807, 2.05) is 0 Å². The average Bonchev–Trinajstić information content (AvgIpc) is 1.84. The van der Waals surface area contributed by atoms with Crippen LogP contribution in [-0.2, 0) is 0 Å². The second kappa shape index (κ2) is 2.50. The summed E-state index contributed by atoms with van der Waals surface area (Å²) in [7, 11) is 0. The molecule has 0 bridgehead atoms. The normalized spacial score (nSPS) is 10.0. The molecule has 4 heteroatoms. The molecule has 0 aliphatic carbocycles. The molecule has 1 heterocycles. The molecule has 0 fully saturated rings. The maximum atomic E-state index is 12.4. The van der Waals surface area contributed by atoms with Gasteiger partial charge in [-0.15, -0.1) is 0 Å². The van der Waals surface area contributed by atoms with Crippen LogP contribution in [0.3, 0.4) is 0 Å². The highest BCUT2D eigenvalue weighted by molar-refractivity contribution is 6.29. The van der Waals surface area contributed by atoms with Crippen LogP contribution in [0.4, 0.5) is 8.78 Å². The van der Waals surface area contributed by atoms with E-state index >= 15 is 0 Å². The summed E-state index contributed by atoms with van der Waals surface area (Å²) >= 11 is 5.16. The predicted octanol–water partition coefficient (Wildman–Crippen LogP) is 2.32. The second-order valence-corrected chi connectivity index (χ2v) is 2.23. The Morgan fingerprint density at radius 1 is 1.50 bits per heavy atom. The molecule has 0 aliphatic rings.